The van der Waals surface area contributed by atoms with Gasteiger partial charge in [-0.15, -0.1) is 0 Å². The molecule has 4 heteroatoms. The molecule has 2 aromatic rings. The smallest absolute Gasteiger partial charge is 0.223 e. The van der Waals surface area contributed by atoms with Crippen molar-refractivity contribution in [3.8, 4) is 0 Å². The molecule has 0 aromatic carbocycles. The number of hydrogen-bond acceptors (Lipinski definition) is 2. The lowest BCUT2D eigenvalue weighted by atomic mass is 10.3. The molecule has 0 radical (unpaired) electrons. The molecule has 2 aromatic heterocycles. The zero-order valence-electron chi connectivity index (χ0n) is 7.90. The standard InChI is InChI=1S/C10H11N3O/c1-7-2-3-10-12-8(4-9(11)14)6-13(10)5-7/h2-3,5-6H,4H2,1H3,(H2,11,14). The molecule has 4 nitrogen and oxygen atoms in total. The summed E-state index contributed by atoms with van der Waals surface area (Å²) in [5.41, 5.74) is 7.79. The minimum absolute atomic E-state index is 0.195. The van der Waals surface area contributed by atoms with Crippen LogP contribution in [0.25, 0.3) is 5.65 Å². The molecule has 72 valence electrons. The number of carbonyl (C=O) groups excluding carboxylic acids is 1. The number of hydrogen-bond donors (Lipinski definition) is 1. The van der Waals surface area contributed by atoms with Gasteiger partial charge in [0.15, 0.2) is 0 Å². The van der Waals surface area contributed by atoms with Crippen molar-refractivity contribution in [1.82, 2.24) is 9.38 Å². The number of pyridine rings is 1. The summed E-state index contributed by atoms with van der Waals surface area (Å²) < 4.78 is 1.90. The van der Waals surface area contributed by atoms with Gasteiger partial charge in [-0.1, -0.05) is 6.07 Å². The number of imidazole rings is 1. The number of nitrogens with zero attached hydrogens (tertiary/aromatic N) is 2. The average molecular weight is 189 g/mol. The first-order valence-electron chi connectivity index (χ1n) is 4.38. The molecule has 1 amide bonds. The number of carbonyl (C=O) groups is 1. The highest BCUT2D eigenvalue weighted by Crippen LogP contribution is 2.07. The van der Waals surface area contributed by atoms with Crippen LogP contribution in [-0.2, 0) is 11.2 Å². The van der Waals surface area contributed by atoms with Crippen LogP contribution >= 0.6 is 0 Å². The Bertz CT molecular complexity index is 487. The summed E-state index contributed by atoms with van der Waals surface area (Å²) >= 11 is 0. The Morgan fingerprint density at radius 3 is 3.00 bits per heavy atom. The van der Waals surface area contributed by atoms with E-state index in [1.807, 2.05) is 35.9 Å². The first-order chi connectivity index (χ1) is 6.65. The first-order valence-corrected chi connectivity index (χ1v) is 4.38. The van der Waals surface area contributed by atoms with Crippen LogP contribution in [0.3, 0.4) is 0 Å². The van der Waals surface area contributed by atoms with E-state index in [1.165, 1.54) is 0 Å². The predicted molar refractivity (Wildman–Crippen MR) is 52.8 cm³/mol. The van der Waals surface area contributed by atoms with Gasteiger partial charge in [-0.25, -0.2) is 4.98 Å². The quantitative estimate of drug-likeness (QED) is 0.754. The lowest BCUT2D eigenvalue weighted by Crippen LogP contribution is -2.13. The molecule has 0 atom stereocenters. The van der Waals surface area contributed by atoms with Crippen molar-refractivity contribution in [2.75, 3.05) is 0 Å². The Morgan fingerprint density at radius 1 is 1.50 bits per heavy atom. The molecule has 0 aliphatic heterocycles. The van der Waals surface area contributed by atoms with Crippen molar-refractivity contribution in [3.63, 3.8) is 0 Å². The molecule has 0 saturated heterocycles. The van der Waals surface area contributed by atoms with Crippen molar-refractivity contribution in [1.29, 1.82) is 0 Å². The fourth-order valence-corrected chi connectivity index (χ4v) is 1.42. The Kier molecular flexibility index (Phi) is 1.96. The Hall–Kier alpha value is -1.84. The summed E-state index contributed by atoms with van der Waals surface area (Å²) in [6.07, 6.45) is 3.99. The summed E-state index contributed by atoms with van der Waals surface area (Å²) in [6, 6.07) is 3.90. The van der Waals surface area contributed by atoms with E-state index in [2.05, 4.69) is 4.98 Å². The Morgan fingerprint density at radius 2 is 2.29 bits per heavy atom. The van der Waals surface area contributed by atoms with Gasteiger partial charge in [-0.05, 0) is 18.6 Å². The number of nitrogens with two attached hydrogens (primary N) is 1. The van der Waals surface area contributed by atoms with Crippen LogP contribution in [0, 0.1) is 6.92 Å². The van der Waals surface area contributed by atoms with Crippen LogP contribution in [0.5, 0.6) is 0 Å². The molecule has 0 saturated carbocycles. The minimum Gasteiger partial charge on any atom is -0.369 e. The molecule has 2 N–H and O–H groups in total. The number of rotatable bonds is 2. The molecule has 0 fully saturated rings. The van der Waals surface area contributed by atoms with Crippen molar-refractivity contribution in [2.24, 2.45) is 5.73 Å². The van der Waals surface area contributed by atoms with Crippen LogP contribution in [0.4, 0.5) is 0 Å². The van der Waals surface area contributed by atoms with Crippen molar-refractivity contribution in [3.05, 3.63) is 35.8 Å². The van der Waals surface area contributed by atoms with Crippen molar-refractivity contribution < 1.29 is 4.79 Å². The van der Waals surface area contributed by atoms with Gasteiger partial charge in [0.25, 0.3) is 0 Å². The van der Waals surface area contributed by atoms with Crippen LogP contribution < -0.4 is 5.73 Å². The highest BCUT2D eigenvalue weighted by molar-refractivity contribution is 5.76. The van der Waals surface area contributed by atoms with Gasteiger partial charge in [-0.2, -0.15) is 0 Å². The largest absolute Gasteiger partial charge is 0.369 e. The number of primary amides is 1. The maximum atomic E-state index is 10.7. The lowest BCUT2D eigenvalue weighted by molar-refractivity contribution is -0.117. The second-order valence-electron chi connectivity index (χ2n) is 3.35. The maximum absolute atomic E-state index is 10.7. The molecule has 0 unspecified atom stereocenters. The lowest BCUT2D eigenvalue weighted by Gasteiger charge is -1.93. The Labute approximate surface area is 81.4 Å². The third kappa shape index (κ3) is 1.59. The van der Waals surface area contributed by atoms with Gasteiger partial charge in [0.2, 0.25) is 5.91 Å². The average Bonchev–Trinajstić information content (AvgIpc) is 2.44. The van der Waals surface area contributed by atoms with E-state index in [-0.39, 0.29) is 12.3 Å². The molecular weight excluding hydrogens is 178 g/mol. The van der Waals surface area contributed by atoms with Crippen LogP contribution in [0.2, 0.25) is 0 Å². The van der Waals surface area contributed by atoms with Gasteiger partial charge in [0, 0.05) is 12.4 Å². The molecule has 2 heterocycles. The van der Waals surface area contributed by atoms with Gasteiger partial charge in [0.1, 0.15) is 5.65 Å². The van der Waals surface area contributed by atoms with Crippen LogP contribution in [-0.4, -0.2) is 15.3 Å². The molecule has 0 aliphatic carbocycles. The van der Waals surface area contributed by atoms with Gasteiger partial charge in [0.05, 0.1) is 12.1 Å². The van der Waals surface area contributed by atoms with E-state index in [0.29, 0.717) is 5.69 Å². The Balaban J connectivity index is 2.46. The maximum Gasteiger partial charge on any atom is 0.223 e. The number of aryl methyl sites for hydroxylation is 1. The molecule has 0 spiro atoms. The zero-order valence-corrected chi connectivity index (χ0v) is 7.90. The van der Waals surface area contributed by atoms with Gasteiger partial charge >= 0.3 is 0 Å². The van der Waals surface area contributed by atoms with Gasteiger partial charge in [-0.3, -0.25) is 4.79 Å². The summed E-state index contributed by atoms with van der Waals surface area (Å²) in [5, 5.41) is 0. The second-order valence-corrected chi connectivity index (χ2v) is 3.35. The molecular formula is C10H11N3O. The number of aromatic nitrogens is 2. The van der Waals surface area contributed by atoms with Gasteiger partial charge < -0.3 is 10.1 Å². The van der Waals surface area contributed by atoms with Crippen molar-refractivity contribution in [2.45, 2.75) is 13.3 Å². The van der Waals surface area contributed by atoms with Crippen LogP contribution in [0.1, 0.15) is 11.3 Å². The molecule has 14 heavy (non-hydrogen) atoms. The number of fused-ring (bicyclic) bond motifs is 1. The summed E-state index contributed by atoms with van der Waals surface area (Å²) in [7, 11) is 0. The molecule has 0 aliphatic rings. The van der Waals surface area contributed by atoms with E-state index >= 15 is 0 Å². The van der Waals surface area contributed by atoms with E-state index in [4.69, 9.17) is 5.73 Å². The summed E-state index contributed by atoms with van der Waals surface area (Å²) in [5.74, 6) is -0.356. The number of amides is 1. The monoisotopic (exact) mass is 189 g/mol. The summed E-state index contributed by atoms with van der Waals surface area (Å²) in [6.45, 7) is 2.01. The van der Waals surface area contributed by atoms with E-state index in [1.54, 1.807) is 0 Å². The first kappa shape index (κ1) is 8.74. The minimum atomic E-state index is -0.356. The van der Waals surface area contributed by atoms with Crippen LogP contribution in [0.15, 0.2) is 24.5 Å². The fraction of sp³-hybridized carbons (Fsp3) is 0.200. The third-order valence-electron chi connectivity index (χ3n) is 2.00. The zero-order chi connectivity index (χ0) is 10.1. The SMILES string of the molecule is Cc1ccc2nc(CC(N)=O)cn2c1. The topological polar surface area (TPSA) is 60.4 Å². The highest BCUT2D eigenvalue weighted by Gasteiger charge is 2.03. The second kappa shape index (κ2) is 3.14. The fourth-order valence-electron chi connectivity index (χ4n) is 1.42. The molecule has 0 bridgehead atoms. The van der Waals surface area contributed by atoms with E-state index < -0.39 is 0 Å². The summed E-state index contributed by atoms with van der Waals surface area (Å²) in [4.78, 5) is 14.9. The highest BCUT2D eigenvalue weighted by atomic mass is 16.1. The van der Waals surface area contributed by atoms with E-state index in [0.717, 1.165) is 11.2 Å². The van der Waals surface area contributed by atoms with E-state index in [9.17, 15) is 4.79 Å². The predicted octanol–water partition coefficient (Wildman–Crippen LogP) is 0.671. The third-order valence-corrected chi connectivity index (χ3v) is 2.00. The normalized spacial score (nSPS) is 10.6. The van der Waals surface area contributed by atoms with Crippen molar-refractivity contribution >= 4 is 11.6 Å². The molecule has 2 rings (SSSR count).